The Labute approximate surface area is 168 Å². The molecule has 150 valence electrons. The third kappa shape index (κ3) is 4.06. The summed E-state index contributed by atoms with van der Waals surface area (Å²) in [6.07, 6.45) is 9.48. The molecule has 2 atom stereocenters. The van der Waals surface area contributed by atoms with Gasteiger partial charge in [0.25, 0.3) is 0 Å². The van der Waals surface area contributed by atoms with E-state index in [-0.39, 0.29) is 30.1 Å². The van der Waals surface area contributed by atoms with Gasteiger partial charge in [0.15, 0.2) is 5.78 Å². The van der Waals surface area contributed by atoms with Gasteiger partial charge in [-0.3, -0.25) is 14.6 Å². The molecule has 6 heteroatoms. The van der Waals surface area contributed by atoms with E-state index in [2.05, 4.69) is 17.2 Å². The number of pyridine rings is 1. The maximum atomic E-state index is 13.2. The number of halogens is 1. The summed E-state index contributed by atoms with van der Waals surface area (Å²) in [5, 5.41) is 3.88. The van der Waals surface area contributed by atoms with E-state index in [9.17, 15) is 14.0 Å². The van der Waals surface area contributed by atoms with Gasteiger partial charge in [0.2, 0.25) is 5.91 Å². The van der Waals surface area contributed by atoms with Gasteiger partial charge in [-0.2, -0.15) is 0 Å². The second-order valence-electron chi connectivity index (χ2n) is 7.84. The van der Waals surface area contributed by atoms with Crippen LogP contribution >= 0.6 is 0 Å². The minimum atomic E-state index is -0.387. The highest BCUT2D eigenvalue weighted by molar-refractivity contribution is 6.16. The standard InChI is InChI=1S/C23H24FN3O2/c1-15-4-2-3-5-20(15)26-22(28)14-27-13-19(18-10-11-25-12-21(18)27)23(29)16-6-8-17(24)9-7-16/h6-13,15,20H,2-5,14H2,1H3,(H,26,28)/t15-,20-/m0/s1. The zero-order valence-corrected chi connectivity index (χ0v) is 16.4. The molecule has 1 N–H and O–H groups in total. The van der Waals surface area contributed by atoms with E-state index in [4.69, 9.17) is 0 Å². The van der Waals surface area contributed by atoms with E-state index in [0.29, 0.717) is 17.0 Å². The first kappa shape index (κ1) is 19.3. The molecule has 0 bridgehead atoms. The summed E-state index contributed by atoms with van der Waals surface area (Å²) < 4.78 is 15.0. The molecule has 0 radical (unpaired) electrons. The predicted molar refractivity (Wildman–Crippen MR) is 109 cm³/mol. The molecule has 0 aliphatic heterocycles. The summed E-state index contributed by atoms with van der Waals surface area (Å²) in [6.45, 7) is 2.31. The lowest BCUT2D eigenvalue weighted by atomic mass is 9.86. The number of hydrogen-bond donors (Lipinski definition) is 1. The quantitative estimate of drug-likeness (QED) is 0.664. The lowest BCUT2D eigenvalue weighted by Gasteiger charge is -2.29. The second-order valence-corrected chi connectivity index (χ2v) is 7.84. The zero-order chi connectivity index (χ0) is 20.4. The first-order valence-corrected chi connectivity index (χ1v) is 10.1. The average molecular weight is 393 g/mol. The first-order valence-electron chi connectivity index (χ1n) is 10.1. The van der Waals surface area contributed by atoms with E-state index < -0.39 is 0 Å². The van der Waals surface area contributed by atoms with Crippen molar-refractivity contribution in [3.8, 4) is 0 Å². The molecule has 1 aliphatic carbocycles. The Morgan fingerprint density at radius 2 is 1.93 bits per heavy atom. The molecule has 1 aromatic carbocycles. The van der Waals surface area contributed by atoms with Crippen molar-refractivity contribution in [1.82, 2.24) is 14.9 Å². The molecule has 2 heterocycles. The van der Waals surface area contributed by atoms with Crippen LogP contribution < -0.4 is 5.32 Å². The van der Waals surface area contributed by atoms with Gasteiger partial charge in [-0.15, -0.1) is 0 Å². The molecule has 29 heavy (non-hydrogen) atoms. The van der Waals surface area contributed by atoms with Gasteiger partial charge in [0, 0.05) is 34.9 Å². The molecule has 0 unspecified atom stereocenters. The largest absolute Gasteiger partial charge is 0.352 e. The average Bonchev–Trinajstić information content (AvgIpc) is 3.08. The van der Waals surface area contributed by atoms with Crippen molar-refractivity contribution < 1.29 is 14.0 Å². The highest BCUT2D eigenvalue weighted by atomic mass is 19.1. The Morgan fingerprint density at radius 1 is 1.17 bits per heavy atom. The van der Waals surface area contributed by atoms with Crippen LogP contribution in [-0.2, 0) is 11.3 Å². The molecule has 1 fully saturated rings. The molecule has 1 amide bonds. The third-order valence-electron chi connectivity index (χ3n) is 5.81. The minimum absolute atomic E-state index is 0.0646. The van der Waals surface area contributed by atoms with Crippen molar-refractivity contribution in [3.63, 3.8) is 0 Å². The maximum Gasteiger partial charge on any atom is 0.240 e. The number of rotatable bonds is 5. The molecule has 4 rings (SSSR count). The van der Waals surface area contributed by atoms with Crippen LogP contribution in [0.4, 0.5) is 4.39 Å². The summed E-state index contributed by atoms with van der Waals surface area (Å²) in [7, 11) is 0. The summed E-state index contributed by atoms with van der Waals surface area (Å²) >= 11 is 0. The Balaban J connectivity index is 1.59. The Kier molecular flexibility index (Phi) is 5.43. The van der Waals surface area contributed by atoms with Gasteiger partial charge in [-0.1, -0.05) is 19.8 Å². The highest BCUT2D eigenvalue weighted by Gasteiger charge is 2.24. The van der Waals surface area contributed by atoms with Crippen LogP contribution in [-0.4, -0.2) is 27.3 Å². The number of benzene rings is 1. The van der Waals surface area contributed by atoms with Crippen LogP contribution in [0.3, 0.4) is 0 Å². The summed E-state index contributed by atoms with van der Waals surface area (Å²) in [5.41, 5.74) is 1.61. The van der Waals surface area contributed by atoms with E-state index in [1.165, 1.54) is 30.7 Å². The fraction of sp³-hybridized carbons (Fsp3) is 0.348. The highest BCUT2D eigenvalue weighted by Crippen LogP contribution is 2.25. The van der Waals surface area contributed by atoms with Crippen LogP contribution in [0.2, 0.25) is 0 Å². The van der Waals surface area contributed by atoms with Gasteiger partial charge < -0.3 is 9.88 Å². The smallest absolute Gasteiger partial charge is 0.240 e. The van der Waals surface area contributed by atoms with Crippen molar-refractivity contribution in [3.05, 3.63) is 65.9 Å². The van der Waals surface area contributed by atoms with E-state index in [0.717, 1.165) is 30.2 Å². The lowest BCUT2D eigenvalue weighted by molar-refractivity contribution is -0.122. The fourth-order valence-corrected chi connectivity index (χ4v) is 4.14. The molecule has 2 aromatic heterocycles. The van der Waals surface area contributed by atoms with Gasteiger partial charge in [0.05, 0.1) is 11.7 Å². The molecular weight excluding hydrogens is 369 g/mol. The van der Waals surface area contributed by atoms with Crippen molar-refractivity contribution in [2.24, 2.45) is 5.92 Å². The first-order chi connectivity index (χ1) is 14.0. The Hall–Kier alpha value is -3.02. The number of carbonyl (C=O) groups is 2. The van der Waals surface area contributed by atoms with E-state index in [1.54, 1.807) is 29.2 Å². The third-order valence-corrected chi connectivity index (χ3v) is 5.81. The topological polar surface area (TPSA) is 64.0 Å². The van der Waals surface area contributed by atoms with Gasteiger partial charge in [-0.05, 0) is 49.1 Å². The zero-order valence-electron chi connectivity index (χ0n) is 16.4. The number of nitrogens with one attached hydrogen (secondary N) is 1. The lowest BCUT2D eigenvalue weighted by Crippen LogP contribution is -2.42. The SMILES string of the molecule is C[C@H]1CCCC[C@@H]1NC(=O)Cn1cc(C(=O)c2ccc(F)cc2)c2ccncc21. The summed E-state index contributed by atoms with van der Waals surface area (Å²) in [6, 6.07) is 7.46. The number of ketones is 1. The van der Waals surface area contributed by atoms with Crippen LogP contribution in [0.25, 0.3) is 10.9 Å². The second kappa shape index (κ2) is 8.15. The van der Waals surface area contributed by atoms with Gasteiger partial charge in [-0.25, -0.2) is 4.39 Å². The molecule has 0 spiro atoms. The number of amides is 1. The maximum absolute atomic E-state index is 13.2. The molecular formula is C23H24FN3O2. The molecule has 1 saturated carbocycles. The molecule has 0 saturated heterocycles. The van der Waals surface area contributed by atoms with Crippen LogP contribution in [0.1, 0.15) is 48.5 Å². The van der Waals surface area contributed by atoms with Gasteiger partial charge in [0.1, 0.15) is 12.4 Å². The molecule has 3 aromatic rings. The predicted octanol–water partition coefficient (Wildman–Crippen LogP) is 4.10. The van der Waals surface area contributed by atoms with Crippen molar-refractivity contribution >= 4 is 22.6 Å². The van der Waals surface area contributed by atoms with Crippen LogP contribution in [0.5, 0.6) is 0 Å². The Morgan fingerprint density at radius 3 is 2.69 bits per heavy atom. The number of carbonyl (C=O) groups excluding carboxylic acids is 2. The van der Waals surface area contributed by atoms with E-state index in [1.807, 2.05) is 0 Å². The molecule has 1 aliphatic rings. The normalized spacial score (nSPS) is 19.2. The number of fused-ring (bicyclic) bond motifs is 1. The van der Waals surface area contributed by atoms with Crippen molar-refractivity contribution in [1.29, 1.82) is 0 Å². The van der Waals surface area contributed by atoms with Crippen molar-refractivity contribution in [2.45, 2.75) is 45.2 Å². The summed E-state index contributed by atoms with van der Waals surface area (Å²) in [4.78, 5) is 29.8. The van der Waals surface area contributed by atoms with Crippen molar-refractivity contribution in [2.75, 3.05) is 0 Å². The van der Waals surface area contributed by atoms with Gasteiger partial charge >= 0.3 is 0 Å². The van der Waals surface area contributed by atoms with Crippen LogP contribution in [0, 0.1) is 11.7 Å². The number of aromatic nitrogens is 2. The number of hydrogen-bond acceptors (Lipinski definition) is 3. The fourth-order valence-electron chi connectivity index (χ4n) is 4.14. The van der Waals surface area contributed by atoms with E-state index >= 15 is 0 Å². The number of nitrogens with zero attached hydrogens (tertiary/aromatic N) is 2. The van der Waals surface area contributed by atoms with Crippen LogP contribution in [0.15, 0.2) is 48.9 Å². The monoisotopic (exact) mass is 393 g/mol. The Bertz CT molecular complexity index is 1040. The summed E-state index contributed by atoms with van der Waals surface area (Å²) in [5.74, 6) is -0.181. The molecule has 5 nitrogen and oxygen atoms in total. The minimum Gasteiger partial charge on any atom is -0.352 e.